The summed E-state index contributed by atoms with van der Waals surface area (Å²) in [6.45, 7) is 6.99. The quantitative estimate of drug-likeness (QED) is 0.402. The van der Waals surface area contributed by atoms with Crippen LogP contribution in [0.25, 0.3) is 16.6 Å². The molecule has 3 aromatic rings. The van der Waals surface area contributed by atoms with Gasteiger partial charge in [-0.25, -0.2) is 4.98 Å². The van der Waals surface area contributed by atoms with Crippen LogP contribution in [0.2, 0.25) is 0 Å². The molecule has 1 fully saturated rings. The third-order valence-corrected chi connectivity index (χ3v) is 7.17. The Morgan fingerprint density at radius 2 is 1.74 bits per heavy atom. The van der Waals surface area contributed by atoms with Crippen LogP contribution in [0.1, 0.15) is 83.1 Å². The van der Waals surface area contributed by atoms with Crippen molar-refractivity contribution in [1.29, 1.82) is 0 Å². The van der Waals surface area contributed by atoms with E-state index >= 15 is 0 Å². The van der Waals surface area contributed by atoms with Gasteiger partial charge in [-0.3, -0.25) is 14.2 Å². The van der Waals surface area contributed by atoms with E-state index in [1.807, 2.05) is 41.3 Å². The molecule has 0 bridgehead atoms. The Labute approximate surface area is 202 Å². The molecule has 1 atom stereocenters. The fourth-order valence-electron chi connectivity index (χ4n) is 5.29. The minimum Gasteiger partial charge on any atom is -0.332 e. The van der Waals surface area contributed by atoms with Gasteiger partial charge in [0.05, 0.1) is 22.6 Å². The van der Waals surface area contributed by atoms with E-state index < -0.39 is 0 Å². The molecule has 1 aromatic heterocycles. The van der Waals surface area contributed by atoms with Crippen LogP contribution >= 0.6 is 0 Å². The molecule has 0 N–H and O–H groups in total. The zero-order valence-corrected chi connectivity index (χ0v) is 20.8. The second kappa shape index (κ2) is 11.0. The number of aryl methyl sites for hydroxylation is 1. The summed E-state index contributed by atoms with van der Waals surface area (Å²) in [6, 6.07) is 15.4. The Bertz CT molecular complexity index is 1180. The minimum absolute atomic E-state index is 0.0788. The van der Waals surface area contributed by atoms with E-state index in [1.54, 1.807) is 4.57 Å². The highest BCUT2D eigenvalue weighted by atomic mass is 16.2. The molecule has 1 aliphatic rings. The number of para-hydroxylation sites is 1. The molecule has 1 aliphatic carbocycles. The first-order valence-corrected chi connectivity index (χ1v) is 13.0. The molecule has 5 nitrogen and oxygen atoms in total. The molecule has 1 saturated carbocycles. The van der Waals surface area contributed by atoms with Crippen LogP contribution in [0.4, 0.5) is 0 Å². The molecule has 0 radical (unpaired) electrons. The highest BCUT2D eigenvalue weighted by molar-refractivity contribution is 5.80. The summed E-state index contributed by atoms with van der Waals surface area (Å²) in [6.07, 6.45) is 7.90. The maximum absolute atomic E-state index is 13.8. The van der Waals surface area contributed by atoms with E-state index in [-0.39, 0.29) is 23.4 Å². The monoisotopic (exact) mass is 459 g/mol. The lowest BCUT2D eigenvalue weighted by atomic mass is 9.87. The number of benzene rings is 2. The van der Waals surface area contributed by atoms with Gasteiger partial charge >= 0.3 is 0 Å². The van der Waals surface area contributed by atoms with Crippen molar-refractivity contribution in [2.24, 2.45) is 5.92 Å². The summed E-state index contributed by atoms with van der Waals surface area (Å²) in [7, 11) is 0. The second-order valence-electron chi connectivity index (χ2n) is 9.44. The van der Waals surface area contributed by atoms with Crippen LogP contribution in [0.3, 0.4) is 0 Å². The predicted octanol–water partition coefficient (Wildman–Crippen LogP) is 6.22. The molecule has 4 rings (SSSR count). The lowest BCUT2D eigenvalue weighted by Gasteiger charge is -2.35. The third-order valence-electron chi connectivity index (χ3n) is 7.17. The molecule has 34 heavy (non-hydrogen) atoms. The van der Waals surface area contributed by atoms with Crippen LogP contribution < -0.4 is 5.56 Å². The van der Waals surface area contributed by atoms with Crippen LogP contribution in [0.5, 0.6) is 0 Å². The number of carbonyl (C=O) groups is 1. The van der Waals surface area contributed by atoms with E-state index in [1.165, 1.54) is 12.0 Å². The number of aromatic nitrogens is 2. The fourth-order valence-corrected chi connectivity index (χ4v) is 5.29. The van der Waals surface area contributed by atoms with Gasteiger partial charge in [0.15, 0.2) is 0 Å². The molecular formula is C29H37N3O2. The highest BCUT2D eigenvalue weighted by Gasteiger charge is 2.33. The standard InChI is InChI=1S/C29H37N3O2/c1-4-20-31(28(33)22-12-8-7-9-13-22)26(6-3)27-30-25-15-11-10-14-24(25)29(34)32(27)23-18-16-21(5-2)17-19-23/h10-11,14-19,22,26H,4-9,12-13,20H2,1-3H3. The molecule has 1 unspecified atom stereocenters. The van der Waals surface area contributed by atoms with Gasteiger partial charge in [-0.1, -0.05) is 64.3 Å². The number of amides is 1. The maximum Gasteiger partial charge on any atom is 0.266 e. The van der Waals surface area contributed by atoms with Crippen molar-refractivity contribution >= 4 is 16.8 Å². The maximum atomic E-state index is 13.8. The Hall–Kier alpha value is -2.95. The molecular weight excluding hydrogens is 422 g/mol. The Morgan fingerprint density at radius 1 is 1.03 bits per heavy atom. The zero-order valence-electron chi connectivity index (χ0n) is 20.8. The van der Waals surface area contributed by atoms with Crippen LogP contribution in [0, 0.1) is 5.92 Å². The highest BCUT2D eigenvalue weighted by Crippen LogP contribution is 2.32. The van der Waals surface area contributed by atoms with Crippen molar-refractivity contribution in [3.05, 3.63) is 70.3 Å². The number of rotatable bonds is 8. The largest absolute Gasteiger partial charge is 0.332 e. The Balaban J connectivity index is 1.88. The fraction of sp³-hybridized carbons (Fsp3) is 0.483. The Kier molecular flexibility index (Phi) is 7.81. The minimum atomic E-state index is -0.252. The average molecular weight is 460 g/mol. The van der Waals surface area contributed by atoms with Crippen molar-refractivity contribution in [2.45, 2.75) is 78.2 Å². The average Bonchev–Trinajstić information content (AvgIpc) is 2.89. The summed E-state index contributed by atoms with van der Waals surface area (Å²) in [4.78, 5) is 34.6. The number of fused-ring (bicyclic) bond motifs is 1. The van der Waals surface area contributed by atoms with Crippen molar-refractivity contribution in [1.82, 2.24) is 14.5 Å². The van der Waals surface area contributed by atoms with E-state index in [9.17, 15) is 9.59 Å². The lowest BCUT2D eigenvalue weighted by molar-refractivity contribution is -0.139. The Morgan fingerprint density at radius 3 is 2.38 bits per heavy atom. The van der Waals surface area contributed by atoms with Crippen molar-refractivity contribution < 1.29 is 4.79 Å². The molecule has 0 spiro atoms. The van der Waals surface area contributed by atoms with Crippen LogP contribution in [0.15, 0.2) is 53.3 Å². The van der Waals surface area contributed by atoms with E-state index in [4.69, 9.17) is 4.98 Å². The van der Waals surface area contributed by atoms with E-state index in [2.05, 4.69) is 32.9 Å². The van der Waals surface area contributed by atoms with Gasteiger partial charge in [0.1, 0.15) is 5.82 Å². The number of carbonyl (C=O) groups excluding carboxylic acids is 1. The molecule has 0 saturated heterocycles. The molecule has 180 valence electrons. The summed E-state index contributed by atoms with van der Waals surface area (Å²) in [5.74, 6) is 0.968. The number of hydrogen-bond donors (Lipinski definition) is 0. The van der Waals surface area contributed by atoms with Crippen LogP contribution in [-0.4, -0.2) is 26.9 Å². The van der Waals surface area contributed by atoms with Gasteiger partial charge in [0, 0.05) is 12.5 Å². The summed E-state index contributed by atoms with van der Waals surface area (Å²) in [5, 5.41) is 0.598. The summed E-state index contributed by atoms with van der Waals surface area (Å²) in [5.41, 5.74) is 2.63. The van der Waals surface area contributed by atoms with Crippen molar-refractivity contribution in [3.8, 4) is 5.69 Å². The molecule has 2 aromatic carbocycles. The normalized spacial score (nSPS) is 15.4. The second-order valence-corrected chi connectivity index (χ2v) is 9.44. The first-order chi connectivity index (χ1) is 16.6. The van der Waals surface area contributed by atoms with Crippen molar-refractivity contribution in [3.63, 3.8) is 0 Å². The van der Waals surface area contributed by atoms with Crippen LogP contribution in [-0.2, 0) is 11.2 Å². The predicted molar refractivity (Wildman–Crippen MR) is 138 cm³/mol. The van der Waals surface area contributed by atoms with Gasteiger partial charge in [-0.15, -0.1) is 0 Å². The number of nitrogens with zero attached hydrogens (tertiary/aromatic N) is 3. The molecule has 0 aliphatic heterocycles. The first-order valence-electron chi connectivity index (χ1n) is 13.0. The molecule has 1 heterocycles. The lowest BCUT2D eigenvalue weighted by Crippen LogP contribution is -2.42. The van der Waals surface area contributed by atoms with Crippen molar-refractivity contribution in [2.75, 3.05) is 6.54 Å². The topological polar surface area (TPSA) is 55.2 Å². The van der Waals surface area contributed by atoms with Gasteiger partial charge in [0.25, 0.3) is 5.56 Å². The van der Waals surface area contributed by atoms with Gasteiger partial charge in [0.2, 0.25) is 5.91 Å². The first kappa shape index (κ1) is 24.2. The summed E-state index contributed by atoms with van der Waals surface area (Å²) < 4.78 is 1.74. The third kappa shape index (κ3) is 4.79. The molecule has 1 amide bonds. The van der Waals surface area contributed by atoms with E-state index in [0.717, 1.165) is 44.2 Å². The van der Waals surface area contributed by atoms with Gasteiger partial charge in [-0.2, -0.15) is 0 Å². The summed E-state index contributed by atoms with van der Waals surface area (Å²) >= 11 is 0. The van der Waals surface area contributed by atoms with E-state index in [0.29, 0.717) is 29.7 Å². The zero-order chi connectivity index (χ0) is 24.1. The smallest absolute Gasteiger partial charge is 0.266 e. The molecule has 5 heteroatoms. The SMILES string of the molecule is CCCN(C(=O)C1CCCCC1)C(CC)c1nc2ccccc2c(=O)n1-c1ccc(CC)cc1. The van der Waals surface area contributed by atoms with Gasteiger partial charge < -0.3 is 4.90 Å². The van der Waals surface area contributed by atoms with Gasteiger partial charge in [-0.05, 0) is 61.9 Å². The number of hydrogen-bond acceptors (Lipinski definition) is 3.